The Balaban J connectivity index is 1.67. The van der Waals surface area contributed by atoms with Gasteiger partial charge in [-0.2, -0.15) is 0 Å². The van der Waals surface area contributed by atoms with Crippen LogP contribution in [-0.2, 0) is 11.3 Å². The van der Waals surface area contributed by atoms with Crippen LogP contribution in [0.2, 0.25) is 0 Å². The molecule has 3 rings (SSSR count). The number of amides is 1. The van der Waals surface area contributed by atoms with Crippen molar-refractivity contribution in [1.29, 1.82) is 0 Å². The lowest BCUT2D eigenvalue weighted by atomic mass is 10.1. The molecule has 1 atom stereocenters. The summed E-state index contributed by atoms with van der Waals surface area (Å²) in [5.74, 6) is 1.74. The Bertz CT molecular complexity index is 475. The number of hydrogen-bond acceptors (Lipinski definition) is 4. The second-order valence-electron chi connectivity index (χ2n) is 4.63. The predicted molar refractivity (Wildman–Crippen MR) is 65.4 cm³/mol. The van der Waals surface area contributed by atoms with Gasteiger partial charge in [0, 0.05) is 25.7 Å². The number of benzene rings is 1. The van der Waals surface area contributed by atoms with Gasteiger partial charge in [-0.25, -0.2) is 0 Å². The zero-order valence-corrected chi connectivity index (χ0v) is 10.3. The molecule has 96 valence electrons. The van der Waals surface area contributed by atoms with Gasteiger partial charge in [-0.3, -0.25) is 4.79 Å². The molecule has 1 aromatic rings. The topological polar surface area (TPSA) is 50.8 Å². The highest BCUT2D eigenvalue weighted by Crippen LogP contribution is 2.35. The Hall–Kier alpha value is -1.75. The van der Waals surface area contributed by atoms with Gasteiger partial charge in [-0.15, -0.1) is 0 Å². The zero-order chi connectivity index (χ0) is 12.5. The Morgan fingerprint density at radius 1 is 1.44 bits per heavy atom. The second kappa shape index (κ2) is 4.49. The average molecular weight is 248 g/mol. The number of ether oxygens (including phenoxy) is 2. The van der Waals surface area contributed by atoms with Gasteiger partial charge in [0.2, 0.25) is 12.7 Å². The first kappa shape index (κ1) is 11.3. The summed E-state index contributed by atoms with van der Waals surface area (Å²) in [4.78, 5) is 13.5. The van der Waals surface area contributed by atoms with E-state index in [-0.39, 0.29) is 18.7 Å². The number of carbonyl (C=O) groups excluding carboxylic acids is 1. The van der Waals surface area contributed by atoms with Crippen LogP contribution in [0.25, 0.3) is 0 Å². The number of likely N-dealkylation sites (tertiary alicyclic amines) is 1. The van der Waals surface area contributed by atoms with E-state index in [1.807, 2.05) is 25.2 Å². The molecule has 1 amide bonds. The van der Waals surface area contributed by atoms with Crippen LogP contribution in [0.3, 0.4) is 0 Å². The Labute approximate surface area is 106 Å². The van der Waals surface area contributed by atoms with E-state index in [2.05, 4.69) is 5.32 Å². The predicted octanol–water partition coefficient (Wildman–Crippen LogP) is 0.736. The first-order valence-electron chi connectivity index (χ1n) is 6.11. The SMILES string of the molecule is CN1CCC(NCc2cccc3c2OCO3)C1=O. The van der Waals surface area contributed by atoms with Crippen LogP contribution in [0.4, 0.5) is 0 Å². The summed E-state index contributed by atoms with van der Waals surface area (Å²) in [5, 5.41) is 3.28. The van der Waals surface area contributed by atoms with Crippen LogP contribution in [0.1, 0.15) is 12.0 Å². The van der Waals surface area contributed by atoms with Gasteiger partial charge in [-0.05, 0) is 12.5 Å². The molecule has 2 heterocycles. The van der Waals surface area contributed by atoms with E-state index < -0.39 is 0 Å². The molecule has 1 N–H and O–H groups in total. The lowest BCUT2D eigenvalue weighted by molar-refractivity contribution is -0.128. The van der Waals surface area contributed by atoms with Crippen LogP contribution in [0.5, 0.6) is 11.5 Å². The van der Waals surface area contributed by atoms with E-state index >= 15 is 0 Å². The van der Waals surface area contributed by atoms with Gasteiger partial charge in [0.05, 0.1) is 6.04 Å². The van der Waals surface area contributed by atoms with Crippen molar-refractivity contribution in [1.82, 2.24) is 10.2 Å². The number of likely N-dealkylation sites (N-methyl/N-ethyl adjacent to an activating group) is 1. The fourth-order valence-electron chi connectivity index (χ4n) is 2.37. The van der Waals surface area contributed by atoms with E-state index in [0.29, 0.717) is 6.54 Å². The highest BCUT2D eigenvalue weighted by atomic mass is 16.7. The largest absolute Gasteiger partial charge is 0.454 e. The highest BCUT2D eigenvalue weighted by molar-refractivity contribution is 5.83. The second-order valence-corrected chi connectivity index (χ2v) is 4.63. The molecular formula is C13H16N2O3. The lowest BCUT2D eigenvalue weighted by Crippen LogP contribution is -2.36. The van der Waals surface area contributed by atoms with Gasteiger partial charge in [0.1, 0.15) is 0 Å². The standard InChI is InChI=1S/C13H16N2O3/c1-15-6-5-10(13(15)16)14-7-9-3-2-4-11-12(9)18-8-17-11/h2-4,10,14H,5-8H2,1H3. The molecule has 0 bridgehead atoms. The molecular weight excluding hydrogens is 232 g/mol. The third-order valence-corrected chi connectivity index (χ3v) is 3.44. The van der Waals surface area contributed by atoms with Crippen molar-refractivity contribution in [3.63, 3.8) is 0 Å². The minimum atomic E-state index is -0.0758. The highest BCUT2D eigenvalue weighted by Gasteiger charge is 2.28. The number of hydrogen-bond donors (Lipinski definition) is 1. The van der Waals surface area contributed by atoms with Crippen molar-refractivity contribution in [2.75, 3.05) is 20.4 Å². The number of carbonyl (C=O) groups is 1. The molecule has 0 aromatic heterocycles. The third kappa shape index (κ3) is 1.90. The maximum absolute atomic E-state index is 11.8. The molecule has 0 saturated carbocycles. The summed E-state index contributed by atoms with van der Waals surface area (Å²) in [6, 6.07) is 5.74. The molecule has 2 aliphatic rings. The molecule has 5 heteroatoms. The quantitative estimate of drug-likeness (QED) is 0.857. The van der Waals surface area contributed by atoms with Gasteiger partial charge < -0.3 is 19.7 Å². The van der Waals surface area contributed by atoms with Crippen molar-refractivity contribution in [3.05, 3.63) is 23.8 Å². The summed E-state index contributed by atoms with van der Waals surface area (Å²) in [6.45, 7) is 1.72. The molecule has 1 aromatic carbocycles. The van der Waals surface area contributed by atoms with Crippen molar-refractivity contribution in [2.24, 2.45) is 0 Å². The molecule has 0 aliphatic carbocycles. The summed E-state index contributed by atoms with van der Waals surface area (Å²) < 4.78 is 10.8. The minimum Gasteiger partial charge on any atom is -0.454 e. The van der Waals surface area contributed by atoms with Crippen LogP contribution in [0, 0.1) is 0 Å². The minimum absolute atomic E-state index is 0.0758. The Kier molecular flexibility index (Phi) is 2.83. The fourth-order valence-corrected chi connectivity index (χ4v) is 2.37. The molecule has 1 fully saturated rings. The van der Waals surface area contributed by atoms with Crippen LogP contribution >= 0.6 is 0 Å². The Morgan fingerprint density at radius 2 is 2.33 bits per heavy atom. The molecule has 18 heavy (non-hydrogen) atoms. The lowest BCUT2D eigenvalue weighted by Gasteiger charge is -2.13. The molecule has 0 spiro atoms. The summed E-state index contributed by atoms with van der Waals surface area (Å²) >= 11 is 0. The van der Waals surface area contributed by atoms with Crippen molar-refractivity contribution < 1.29 is 14.3 Å². The normalized spacial score (nSPS) is 21.7. The van der Waals surface area contributed by atoms with Gasteiger partial charge in [-0.1, -0.05) is 12.1 Å². The van der Waals surface area contributed by atoms with Crippen LogP contribution in [0.15, 0.2) is 18.2 Å². The number of para-hydroxylation sites is 1. The van der Waals surface area contributed by atoms with Crippen molar-refractivity contribution in [2.45, 2.75) is 19.0 Å². The number of nitrogens with zero attached hydrogens (tertiary/aromatic N) is 1. The molecule has 2 aliphatic heterocycles. The first-order chi connectivity index (χ1) is 8.75. The van der Waals surface area contributed by atoms with E-state index in [4.69, 9.17) is 9.47 Å². The summed E-state index contributed by atoms with van der Waals surface area (Å²) in [5.41, 5.74) is 1.03. The first-order valence-corrected chi connectivity index (χ1v) is 6.11. The molecule has 1 unspecified atom stereocenters. The average Bonchev–Trinajstić information content (AvgIpc) is 2.97. The van der Waals surface area contributed by atoms with E-state index in [1.54, 1.807) is 4.90 Å². The van der Waals surface area contributed by atoms with Gasteiger partial charge in [0.15, 0.2) is 11.5 Å². The maximum atomic E-state index is 11.8. The van der Waals surface area contributed by atoms with E-state index in [1.165, 1.54) is 0 Å². The molecule has 5 nitrogen and oxygen atoms in total. The molecule has 1 saturated heterocycles. The zero-order valence-electron chi connectivity index (χ0n) is 10.3. The number of nitrogens with one attached hydrogen (secondary N) is 1. The monoisotopic (exact) mass is 248 g/mol. The van der Waals surface area contributed by atoms with Crippen LogP contribution < -0.4 is 14.8 Å². The smallest absolute Gasteiger partial charge is 0.239 e. The van der Waals surface area contributed by atoms with E-state index in [9.17, 15) is 4.79 Å². The van der Waals surface area contributed by atoms with Crippen LogP contribution in [-0.4, -0.2) is 37.2 Å². The number of fused-ring (bicyclic) bond motifs is 1. The van der Waals surface area contributed by atoms with E-state index in [0.717, 1.165) is 30.0 Å². The summed E-state index contributed by atoms with van der Waals surface area (Å²) in [6.07, 6.45) is 0.863. The third-order valence-electron chi connectivity index (χ3n) is 3.44. The van der Waals surface area contributed by atoms with Crippen molar-refractivity contribution >= 4 is 5.91 Å². The summed E-state index contributed by atoms with van der Waals surface area (Å²) in [7, 11) is 1.83. The van der Waals surface area contributed by atoms with Gasteiger partial charge in [0.25, 0.3) is 0 Å². The molecule has 0 radical (unpaired) electrons. The van der Waals surface area contributed by atoms with Gasteiger partial charge >= 0.3 is 0 Å². The van der Waals surface area contributed by atoms with Crippen molar-refractivity contribution in [3.8, 4) is 11.5 Å². The Morgan fingerprint density at radius 3 is 3.11 bits per heavy atom. The number of rotatable bonds is 3. The fraction of sp³-hybridized carbons (Fsp3) is 0.462. The maximum Gasteiger partial charge on any atom is 0.239 e.